The molecule has 0 bridgehead atoms. The van der Waals surface area contributed by atoms with E-state index in [1.165, 1.54) is 0 Å². The van der Waals surface area contributed by atoms with Crippen molar-refractivity contribution in [1.29, 1.82) is 0 Å². The van der Waals surface area contributed by atoms with Crippen LogP contribution in [0.3, 0.4) is 0 Å². The number of hydrogen-bond donors (Lipinski definition) is 3. The van der Waals surface area contributed by atoms with Crippen molar-refractivity contribution in [2.24, 2.45) is 0 Å². The van der Waals surface area contributed by atoms with Crippen LogP contribution in [-0.4, -0.2) is 34.1 Å². The first-order valence-corrected chi connectivity index (χ1v) is 12.5. The molecule has 0 radical (unpaired) electrons. The average molecular weight is 516 g/mol. The highest BCUT2D eigenvalue weighted by Gasteiger charge is 2.23. The number of ether oxygens (including phenoxy) is 1. The summed E-state index contributed by atoms with van der Waals surface area (Å²) < 4.78 is 5.18. The Morgan fingerprint density at radius 3 is 2.24 bits per heavy atom. The van der Waals surface area contributed by atoms with Gasteiger partial charge in [0.25, 0.3) is 0 Å². The van der Waals surface area contributed by atoms with Gasteiger partial charge in [0.15, 0.2) is 0 Å². The van der Waals surface area contributed by atoms with Gasteiger partial charge in [-0.15, -0.1) is 11.3 Å². The molecule has 37 heavy (non-hydrogen) atoms. The zero-order chi connectivity index (χ0) is 26.0. The van der Waals surface area contributed by atoms with Gasteiger partial charge in [-0.25, -0.2) is 9.78 Å². The molecule has 3 aromatic carbocycles. The highest BCUT2D eigenvalue weighted by Crippen LogP contribution is 2.29. The number of rotatable bonds is 10. The van der Waals surface area contributed by atoms with Crippen LogP contribution in [0.1, 0.15) is 18.4 Å². The van der Waals surface area contributed by atoms with Crippen molar-refractivity contribution >= 4 is 35.0 Å². The second kappa shape index (κ2) is 12.5. The third-order valence-electron chi connectivity index (χ3n) is 5.44. The zero-order valence-corrected chi connectivity index (χ0v) is 20.6. The summed E-state index contributed by atoms with van der Waals surface area (Å²) in [5, 5.41) is 17.2. The van der Waals surface area contributed by atoms with Crippen LogP contribution < -0.4 is 10.6 Å². The number of carbonyl (C=O) groups excluding carboxylic acids is 2. The molecule has 0 fully saturated rings. The minimum Gasteiger partial charge on any atom is -0.481 e. The molecule has 188 valence electrons. The van der Waals surface area contributed by atoms with Crippen molar-refractivity contribution < 1.29 is 24.2 Å². The number of benzene rings is 3. The molecule has 1 atom stereocenters. The Labute approximate surface area is 218 Å². The number of alkyl carbamates (subject to hydrolysis) is 1. The Bertz CT molecular complexity index is 1340. The maximum Gasteiger partial charge on any atom is 0.408 e. The Balaban J connectivity index is 1.37. The summed E-state index contributed by atoms with van der Waals surface area (Å²) in [5.74, 6) is -1.61. The van der Waals surface area contributed by atoms with Crippen molar-refractivity contribution in [1.82, 2.24) is 10.3 Å². The molecule has 0 saturated heterocycles. The second-order valence-corrected chi connectivity index (χ2v) is 9.02. The van der Waals surface area contributed by atoms with E-state index in [9.17, 15) is 14.4 Å². The van der Waals surface area contributed by atoms with Crippen LogP contribution >= 0.6 is 11.3 Å². The van der Waals surface area contributed by atoms with Gasteiger partial charge in [0.05, 0.1) is 5.69 Å². The van der Waals surface area contributed by atoms with Crippen molar-refractivity contribution in [3.63, 3.8) is 0 Å². The van der Waals surface area contributed by atoms with Crippen LogP contribution in [-0.2, 0) is 20.9 Å². The summed E-state index contributed by atoms with van der Waals surface area (Å²) in [6.45, 7) is 0.0318. The molecule has 0 unspecified atom stereocenters. The average Bonchev–Trinajstić information content (AvgIpc) is 3.42. The topological polar surface area (TPSA) is 118 Å². The number of carboxylic acid groups (broad SMARTS) is 1. The zero-order valence-electron chi connectivity index (χ0n) is 19.8. The third-order valence-corrected chi connectivity index (χ3v) is 6.33. The lowest BCUT2D eigenvalue weighted by Crippen LogP contribution is -2.44. The molecule has 3 N–H and O–H groups in total. The maximum atomic E-state index is 12.9. The lowest BCUT2D eigenvalue weighted by Gasteiger charge is -2.18. The molecule has 0 aliphatic carbocycles. The third kappa shape index (κ3) is 7.49. The van der Waals surface area contributed by atoms with Gasteiger partial charge < -0.3 is 20.5 Å². The van der Waals surface area contributed by atoms with Gasteiger partial charge in [-0.3, -0.25) is 9.59 Å². The predicted molar refractivity (Wildman–Crippen MR) is 142 cm³/mol. The first kappa shape index (κ1) is 25.6. The monoisotopic (exact) mass is 515 g/mol. The lowest BCUT2D eigenvalue weighted by molar-refractivity contribution is -0.137. The smallest absolute Gasteiger partial charge is 0.408 e. The number of thiazole rings is 1. The molecule has 0 aliphatic rings. The van der Waals surface area contributed by atoms with E-state index in [1.807, 2.05) is 66.0 Å². The van der Waals surface area contributed by atoms with Crippen molar-refractivity contribution in [3.05, 3.63) is 95.9 Å². The highest BCUT2D eigenvalue weighted by atomic mass is 32.1. The molecular weight excluding hydrogens is 490 g/mol. The van der Waals surface area contributed by atoms with E-state index < -0.39 is 24.0 Å². The van der Waals surface area contributed by atoms with Crippen LogP contribution in [0.4, 0.5) is 10.5 Å². The first-order valence-electron chi connectivity index (χ1n) is 11.6. The fourth-order valence-electron chi connectivity index (χ4n) is 3.52. The number of nitrogens with one attached hydrogen (secondary N) is 2. The van der Waals surface area contributed by atoms with Gasteiger partial charge in [-0.1, -0.05) is 72.8 Å². The minimum atomic E-state index is -1.08. The summed E-state index contributed by atoms with van der Waals surface area (Å²) in [6, 6.07) is 25.1. The molecule has 0 spiro atoms. The number of amides is 2. The van der Waals surface area contributed by atoms with Crippen molar-refractivity contribution in [3.8, 4) is 21.8 Å². The summed E-state index contributed by atoms with van der Waals surface area (Å²) in [4.78, 5) is 40.9. The second-order valence-electron chi connectivity index (χ2n) is 8.16. The van der Waals surface area contributed by atoms with Gasteiger partial charge in [-0.2, -0.15) is 0 Å². The number of hydrogen-bond acceptors (Lipinski definition) is 6. The number of nitrogens with zero attached hydrogens (tertiary/aromatic N) is 1. The quantitative estimate of drug-likeness (QED) is 0.254. The fourth-order valence-corrected chi connectivity index (χ4v) is 4.35. The molecule has 9 heteroatoms. The highest BCUT2D eigenvalue weighted by molar-refractivity contribution is 7.13. The van der Waals surface area contributed by atoms with Gasteiger partial charge in [0.2, 0.25) is 5.91 Å². The first-order chi connectivity index (χ1) is 18.0. The van der Waals surface area contributed by atoms with Gasteiger partial charge in [0.1, 0.15) is 17.7 Å². The molecule has 1 aromatic heterocycles. The summed E-state index contributed by atoms with van der Waals surface area (Å²) in [5.41, 5.74) is 4.06. The predicted octanol–water partition coefficient (Wildman–Crippen LogP) is 5.58. The van der Waals surface area contributed by atoms with Crippen LogP contribution in [0, 0.1) is 0 Å². The molecule has 2 amide bonds. The Morgan fingerprint density at radius 2 is 1.57 bits per heavy atom. The van der Waals surface area contributed by atoms with E-state index in [0.29, 0.717) is 5.69 Å². The van der Waals surface area contributed by atoms with E-state index in [0.717, 1.165) is 27.4 Å². The number of carbonyl (C=O) groups is 3. The van der Waals surface area contributed by atoms with E-state index >= 15 is 0 Å². The van der Waals surface area contributed by atoms with E-state index in [-0.39, 0.29) is 19.4 Å². The molecule has 4 rings (SSSR count). The Kier molecular flexibility index (Phi) is 8.62. The van der Waals surface area contributed by atoms with Gasteiger partial charge in [-0.05, 0) is 24.1 Å². The van der Waals surface area contributed by atoms with E-state index in [1.54, 1.807) is 35.6 Å². The van der Waals surface area contributed by atoms with Gasteiger partial charge >= 0.3 is 12.1 Å². The van der Waals surface area contributed by atoms with E-state index in [4.69, 9.17) is 14.8 Å². The SMILES string of the molecule is O=C(O)CC[C@H](NC(=O)OCc1ccccc1)C(=O)Nc1ccc(-c2csc(-c3ccccc3)n2)cc1. The molecular formula is C28H25N3O5S. The number of aromatic nitrogens is 1. The number of anilines is 1. The van der Waals surface area contributed by atoms with E-state index in [2.05, 4.69) is 10.6 Å². The number of carboxylic acids is 1. The summed E-state index contributed by atoms with van der Waals surface area (Å²) in [6.07, 6.45) is -1.17. The Morgan fingerprint density at radius 1 is 0.892 bits per heavy atom. The van der Waals surface area contributed by atoms with Crippen LogP contribution in [0.25, 0.3) is 21.8 Å². The molecule has 0 aliphatic heterocycles. The largest absolute Gasteiger partial charge is 0.481 e. The van der Waals surface area contributed by atoms with Gasteiger partial charge in [0, 0.05) is 28.6 Å². The van der Waals surface area contributed by atoms with Crippen LogP contribution in [0.15, 0.2) is 90.3 Å². The number of aliphatic carboxylic acids is 1. The molecule has 4 aromatic rings. The van der Waals surface area contributed by atoms with Crippen LogP contribution in [0.5, 0.6) is 0 Å². The fraction of sp³-hybridized carbons (Fsp3) is 0.143. The molecule has 8 nitrogen and oxygen atoms in total. The summed E-state index contributed by atoms with van der Waals surface area (Å²) >= 11 is 1.55. The molecule has 1 heterocycles. The minimum absolute atomic E-state index is 0.0318. The van der Waals surface area contributed by atoms with Crippen molar-refractivity contribution in [2.75, 3.05) is 5.32 Å². The summed E-state index contributed by atoms with van der Waals surface area (Å²) in [7, 11) is 0. The lowest BCUT2D eigenvalue weighted by atomic mass is 10.1. The Hall–Kier alpha value is -4.50. The maximum absolute atomic E-state index is 12.9. The van der Waals surface area contributed by atoms with Crippen LogP contribution in [0.2, 0.25) is 0 Å². The normalized spacial score (nSPS) is 11.4. The standard InChI is InChI=1S/C28H25N3O5S/c32-25(33)16-15-23(31-28(35)36-17-19-7-3-1-4-8-19)26(34)29-22-13-11-20(12-14-22)24-18-37-27(30-24)21-9-5-2-6-10-21/h1-14,18,23H,15-17H2,(H,29,34)(H,31,35)(H,32,33)/t23-/m0/s1. The van der Waals surface area contributed by atoms with Crippen molar-refractivity contribution in [2.45, 2.75) is 25.5 Å². The molecule has 0 saturated carbocycles.